The summed E-state index contributed by atoms with van der Waals surface area (Å²) in [5.74, 6) is 0.326. The molecule has 0 saturated carbocycles. The number of hydrogen-bond donors (Lipinski definition) is 1. The predicted molar refractivity (Wildman–Crippen MR) is 88.4 cm³/mol. The molecule has 2 heterocycles. The van der Waals surface area contributed by atoms with E-state index in [2.05, 4.69) is 5.32 Å². The Morgan fingerprint density at radius 1 is 1.10 bits per heavy atom. The van der Waals surface area contributed by atoms with Gasteiger partial charge in [0.2, 0.25) is 0 Å². The van der Waals surface area contributed by atoms with Crippen LogP contribution in [0.2, 0.25) is 0 Å². The van der Waals surface area contributed by atoms with E-state index in [9.17, 15) is 8.42 Å². The van der Waals surface area contributed by atoms with Gasteiger partial charge in [0.15, 0.2) is 14.9 Å². The lowest BCUT2D eigenvalue weighted by atomic mass is 10.1. The highest BCUT2D eigenvalue weighted by Gasteiger charge is 2.47. The third-order valence-electron chi connectivity index (χ3n) is 4.21. The monoisotopic (exact) mass is 318 g/mol. The van der Waals surface area contributed by atoms with Crippen LogP contribution in [0.3, 0.4) is 0 Å². The van der Waals surface area contributed by atoms with E-state index in [1.807, 2.05) is 47.4 Å². The van der Waals surface area contributed by atoms with E-state index in [-0.39, 0.29) is 23.6 Å². The van der Waals surface area contributed by atoms with E-state index in [1.54, 1.807) is 0 Å². The predicted octanol–water partition coefficient (Wildman–Crippen LogP) is 1.70. The third kappa shape index (κ3) is 2.01. The van der Waals surface area contributed by atoms with Crippen LogP contribution in [0.4, 0.5) is 5.69 Å². The summed E-state index contributed by atoms with van der Waals surface area (Å²) < 4.78 is 23.8. The topological polar surface area (TPSA) is 49.4 Å². The van der Waals surface area contributed by atoms with Gasteiger partial charge in [0, 0.05) is 5.39 Å². The molecule has 0 bridgehead atoms. The molecule has 1 N–H and O–H groups in total. The van der Waals surface area contributed by atoms with Crippen molar-refractivity contribution in [1.29, 1.82) is 0 Å². The Kier molecular flexibility index (Phi) is 2.74. The minimum atomic E-state index is -2.99. The number of thiocarbonyl (C=S) groups is 1. The first-order valence-corrected chi connectivity index (χ1v) is 9.06. The van der Waals surface area contributed by atoms with Gasteiger partial charge < -0.3 is 10.2 Å². The zero-order chi connectivity index (χ0) is 14.6. The van der Waals surface area contributed by atoms with Gasteiger partial charge in [-0.25, -0.2) is 8.42 Å². The number of fused-ring (bicyclic) bond motifs is 2. The molecule has 0 aromatic heterocycles. The van der Waals surface area contributed by atoms with Crippen LogP contribution in [0.25, 0.3) is 10.8 Å². The van der Waals surface area contributed by atoms with Gasteiger partial charge in [-0.2, -0.15) is 0 Å². The molecule has 0 spiro atoms. The Morgan fingerprint density at radius 3 is 2.71 bits per heavy atom. The Labute approximate surface area is 128 Å². The molecule has 2 aliphatic heterocycles. The van der Waals surface area contributed by atoms with Gasteiger partial charge in [-0.05, 0) is 23.7 Å². The lowest BCUT2D eigenvalue weighted by Gasteiger charge is -2.24. The second-order valence-electron chi connectivity index (χ2n) is 5.57. The number of nitrogens with zero attached hydrogens (tertiary/aromatic N) is 1. The van der Waals surface area contributed by atoms with Crippen molar-refractivity contribution >= 4 is 43.6 Å². The molecule has 2 saturated heterocycles. The van der Waals surface area contributed by atoms with Crippen molar-refractivity contribution in [1.82, 2.24) is 5.32 Å². The van der Waals surface area contributed by atoms with E-state index in [1.165, 1.54) is 0 Å². The van der Waals surface area contributed by atoms with Crippen molar-refractivity contribution in [3.05, 3.63) is 42.5 Å². The van der Waals surface area contributed by atoms with Crippen LogP contribution in [0, 0.1) is 0 Å². The summed E-state index contributed by atoms with van der Waals surface area (Å²) in [7, 11) is -2.99. The van der Waals surface area contributed by atoms with Gasteiger partial charge in [-0.1, -0.05) is 36.4 Å². The van der Waals surface area contributed by atoms with E-state index in [0.717, 1.165) is 16.5 Å². The molecule has 2 aromatic carbocycles. The average Bonchev–Trinajstić information content (AvgIpc) is 2.88. The standard InChI is InChI=1S/C15H14N2O2S2/c18-21(19)8-12-14(9-21)17(15(20)16-12)13-7-3-5-10-4-1-2-6-11(10)13/h1-7,12,14H,8-9H2,(H,16,20). The summed E-state index contributed by atoms with van der Waals surface area (Å²) in [5.41, 5.74) is 0.982. The molecular formula is C15H14N2O2S2. The highest BCUT2D eigenvalue weighted by Crippen LogP contribution is 2.34. The molecule has 2 aliphatic rings. The molecule has 2 aromatic rings. The van der Waals surface area contributed by atoms with Gasteiger partial charge in [-0.15, -0.1) is 0 Å². The van der Waals surface area contributed by atoms with E-state index in [0.29, 0.717) is 5.11 Å². The average molecular weight is 318 g/mol. The van der Waals surface area contributed by atoms with Crippen molar-refractivity contribution < 1.29 is 8.42 Å². The molecule has 0 radical (unpaired) electrons. The molecule has 21 heavy (non-hydrogen) atoms. The number of anilines is 1. The Balaban J connectivity index is 1.86. The summed E-state index contributed by atoms with van der Waals surface area (Å²) in [6.07, 6.45) is 0. The number of nitrogens with one attached hydrogen (secondary N) is 1. The maximum absolute atomic E-state index is 11.9. The second-order valence-corrected chi connectivity index (χ2v) is 8.11. The SMILES string of the molecule is O=S1(=O)CC2NC(=S)N(c3cccc4ccccc34)C2C1. The van der Waals surface area contributed by atoms with Crippen molar-refractivity contribution in [2.75, 3.05) is 16.4 Å². The number of benzene rings is 2. The van der Waals surface area contributed by atoms with Gasteiger partial charge in [-0.3, -0.25) is 0 Å². The summed E-state index contributed by atoms with van der Waals surface area (Å²) >= 11 is 5.43. The Morgan fingerprint density at radius 2 is 1.86 bits per heavy atom. The minimum Gasteiger partial charge on any atom is -0.356 e. The minimum absolute atomic E-state index is 0.0959. The first kappa shape index (κ1) is 13.0. The molecule has 2 fully saturated rings. The Hall–Kier alpha value is -1.66. The summed E-state index contributed by atoms with van der Waals surface area (Å²) in [4.78, 5) is 1.98. The van der Waals surface area contributed by atoms with Crippen LogP contribution in [-0.4, -0.2) is 37.1 Å². The van der Waals surface area contributed by atoms with Crippen LogP contribution in [-0.2, 0) is 9.84 Å². The number of rotatable bonds is 1. The Bertz CT molecular complexity index is 842. The quantitative estimate of drug-likeness (QED) is 0.811. The molecule has 2 atom stereocenters. The third-order valence-corrected chi connectivity index (χ3v) is 6.24. The normalized spacial score (nSPS) is 26.9. The van der Waals surface area contributed by atoms with Gasteiger partial charge >= 0.3 is 0 Å². The largest absolute Gasteiger partial charge is 0.356 e. The molecule has 2 unspecified atom stereocenters. The molecular weight excluding hydrogens is 304 g/mol. The lowest BCUT2D eigenvalue weighted by molar-refractivity contribution is 0.600. The van der Waals surface area contributed by atoms with Crippen molar-refractivity contribution in [3.8, 4) is 0 Å². The molecule has 0 amide bonds. The van der Waals surface area contributed by atoms with Gasteiger partial charge in [0.1, 0.15) is 0 Å². The summed E-state index contributed by atoms with van der Waals surface area (Å²) in [6.45, 7) is 0. The maximum Gasteiger partial charge on any atom is 0.174 e. The van der Waals surface area contributed by atoms with Crippen LogP contribution < -0.4 is 10.2 Å². The smallest absolute Gasteiger partial charge is 0.174 e. The molecule has 4 nitrogen and oxygen atoms in total. The lowest BCUT2D eigenvalue weighted by Crippen LogP contribution is -2.36. The molecule has 4 rings (SSSR count). The molecule has 0 aliphatic carbocycles. The first-order chi connectivity index (χ1) is 10.1. The summed E-state index contributed by atoms with van der Waals surface area (Å²) in [5, 5.41) is 6.00. The van der Waals surface area contributed by atoms with Gasteiger partial charge in [0.25, 0.3) is 0 Å². The highest BCUT2D eigenvalue weighted by atomic mass is 32.2. The van der Waals surface area contributed by atoms with Crippen molar-refractivity contribution in [3.63, 3.8) is 0 Å². The molecule has 108 valence electrons. The van der Waals surface area contributed by atoms with Crippen LogP contribution in [0.5, 0.6) is 0 Å². The molecule has 6 heteroatoms. The first-order valence-electron chi connectivity index (χ1n) is 6.83. The van der Waals surface area contributed by atoms with Crippen LogP contribution in [0.15, 0.2) is 42.5 Å². The van der Waals surface area contributed by atoms with Crippen molar-refractivity contribution in [2.24, 2.45) is 0 Å². The van der Waals surface area contributed by atoms with E-state index < -0.39 is 9.84 Å². The van der Waals surface area contributed by atoms with E-state index >= 15 is 0 Å². The maximum atomic E-state index is 11.9. The zero-order valence-electron chi connectivity index (χ0n) is 11.2. The number of sulfone groups is 1. The van der Waals surface area contributed by atoms with Gasteiger partial charge in [0.05, 0.1) is 29.3 Å². The second kappa shape index (κ2) is 4.42. The fourth-order valence-electron chi connectivity index (χ4n) is 3.31. The van der Waals surface area contributed by atoms with Crippen molar-refractivity contribution in [2.45, 2.75) is 12.1 Å². The van der Waals surface area contributed by atoms with Crippen LogP contribution >= 0.6 is 12.2 Å². The fraction of sp³-hybridized carbons (Fsp3) is 0.267. The number of hydrogen-bond acceptors (Lipinski definition) is 3. The highest BCUT2D eigenvalue weighted by molar-refractivity contribution is 7.91. The summed E-state index contributed by atoms with van der Waals surface area (Å²) in [6, 6.07) is 13.9. The zero-order valence-corrected chi connectivity index (χ0v) is 12.8. The van der Waals surface area contributed by atoms with E-state index in [4.69, 9.17) is 12.2 Å². The van der Waals surface area contributed by atoms with Crippen LogP contribution in [0.1, 0.15) is 0 Å². The fourth-order valence-corrected chi connectivity index (χ4v) is 5.58.